The molecule has 0 saturated carbocycles. The number of carbonyl (C=O) groups excluding carboxylic acids is 1. The predicted octanol–water partition coefficient (Wildman–Crippen LogP) is 5.12. The van der Waals surface area contributed by atoms with Crippen molar-refractivity contribution in [3.8, 4) is 0 Å². The highest BCUT2D eigenvalue weighted by atomic mass is 79.9. The lowest BCUT2D eigenvalue weighted by atomic mass is 10.1. The van der Waals surface area contributed by atoms with Crippen LogP contribution >= 0.6 is 15.9 Å². The number of nitrogens with one attached hydrogen (secondary N) is 1. The highest BCUT2D eigenvalue weighted by molar-refractivity contribution is 9.10. The molecular weight excluding hydrogens is 454 g/mol. The molecule has 0 spiro atoms. The molecule has 4 aromatic rings. The first-order chi connectivity index (χ1) is 14.9. The van der Waals surface area contributed by atoms with Crippen molar-refractivity contribution in [2.45, 2.75) is 33.9 Å². The number of carbonyl (C=O) groups is 1. The van der Waals surface area contributed by atoms with Gasteiger partial charge in [-0.15, -0.1) is 0 Å². The van der Waals surface area contributed by atoms with Crippen molar-refractivity contribution in [1.82, 2.24) is 19.6 Å². The number of anilines is 1. The maximum atomic E-state index is 12.6. The lowest BCUT2D eigenvalue weighted by Gasteiger charge is -2.07. The van der Waals surface area contributed by atoms with Crippen molar-refractivity contribution < 1.29 is 4.79 Å². The Bertz CT molecular complexity index is 1220. The smallest absolute Gasteiger partial charge is 0.256 e. The number of hydrogen-bond donors (Lipinski definition) is 1. The molecule has 0 unspecified atom stereocenters. The van der Waals surface area contributed by atoms with Gasteiger partial charge in [-0.25, -0.2) is 0 Å². The third-order valence-corrected chi connectivity index (χ3v) is 6.30. The Kier molecular flexibility index (Phi) is 6.04. The summed E-state index contributed by atoms with van der Waals surface area (Å²) in [5.74, 6) is 0.357. The van der Waals surface area contributed by atoms with Crippen LogP contribution in [0.4, 0.5) is 5.82 Å². The zero-order chi connectivity index (χ0) is 22.0. The van der Waals surface area contributed by atoms with Crippen LogP contribution in [-0.2, 0) is 13.1 Å². The number of aromatic nitrogens is 4. The second-order valence-corrected chi connectivity index (χ2v) is 8.47. The van der Waals surface area contributed by atoms with E-state index >= 15 is 0 Å². The molecule has 7 heteroatoms. The van der Waals surface area contributed by atoms with Gasteiger partial charge in [-0.2, -0.15) is 10.2 Å². The van der Waals surface area contributed by atoms with Gasteiger partial charge in [0.1, 0.15) is 0 Å². The van der Waals surface area contributed by atoms with E-state index in [0.29, 0.717) is 24.5 Å². The van der Waals surface area contributed by atoms with E-state index in [1.807, 2.05) is 65.8 Å². The van der Waals surface area contributed by atoms with E-state index in [0.717, 1.165) is 21.4 Å². The molecule has 1 amide bonds. The first-order valence-electron chi connectivity index (χ1n) is 10.1. The fraction of sp³-hybridized carbons (Fsp3) is 0.208. The lowest BCUT2D eigenvalue weighted by Crippen LogP contribution is -2.13. The molecule has 31 heavy (non-hydrogen) atoms. The molecule has 2 aromatic heterocycles. The number of nitrogens with zero attached hydrogens (tertiary/aromatic N) is 4. The molecule has 1 N–H and O–H groups in total. The summed E-state index contributed by atoms with van der Waals surface area (Å²) in [6, 6.07) is 17.7. The van der Waals surface area contributed by atoms with Crippen molar-refractivity contribution in [3.05, 3.63) is 98.9 Å². The van der Waals surface area contributed by atoms with E-state index in [1.165, 1.54) is 11.1 Å². The Morgan fingerprint density at radius 3 is 2.42 bits per heavy atom. The Morgan fingerprint density at radius 1 is 0.968 bits per heavy atom. The van der Waals surface area contributed by atoms with Gasteiger partial charge in [0.05, 0.1) is 29.0 Å². The molecule has 2 aromatic carbocycles. The minimum atomic E-state index is -0.179. The number of benzene rings is 2. The summed E-state index contributed by atoms with van der Waals surface area (Å²) in [5.41, 5.74) is 6.11. The SMILES string of the molecule is Cc1cccc(Cn2ccc(NC(=O)c3ccc(Cn4nc(C)c(Br)c4C)cc3)n2)c1. The summed E-state index contributed by atoms with van der Waals surface area (Å²) in [4.78, 5) is 12.6. The number of hydrogen-bond acceptors (Lipinski definition) is 3. The largest absolute Gasteiger partial charge is 0.305 e. The molecule has 0 aliphatic carbocycles. The van der Waals surface area contributed by atoms with Crippen LogP contribution in [0.25, 0.3) is 0 Å². The van der Waals surface area contributed by atoms with Crippen molar-refractivity contribution in [2.24, 2.45) is 0 Å². The highest BCUT2D eigenvalue weighted by Crippen LogP contribution is 2.21. The van der Waals surface area contributed by atoms with Gasteiger partial charge in [0.25, 0.3) is 5.91 Å². The monoisotopic (exact) mass is 477 g/mol. The van der Waals surface area contributed by atoms with Crippen LogP contribution in [0.3, 0.4) is 0 Å². The average Bonchev–Trinajstić information content (AvgIpc) is 3.28. The lowest BCUT2D eigenvalue weighted by molar-refractivity contribution is 0.102. The quantitative estimate of drug-likeness (QED) is 0.419. The normalized spacial score (nSPS) is 11.0. The summed E-state index contributed by atoms with van der Waals surface area (Å²) in [6.45, 7) is 7.39. The summed E-state index contributed by atoms with van der Waals surface area (Å²) in [5, 5.41) is 11.9. The molecule has 2 heterocycles. The average molecular weight is 478 g/mol. The van der Waals surface area contributed by atoms with E-state index in [2.05, 4.69) is 56.6 Å². The van der Waals surface area contributed by atoms with Crippen LogP contribution in [-0.4, -0.2) is 25.5 Å². The van der Waals surface area contributed by atoms with E-state index < -0.39 is 0 Å². The summed E-state index contributed by atoms with van der Waals surface area (Å²) < 4.78 is 4.81. The fourth-order valence-corrected chi connectivity index (χ4v) is 3.75. The van der Waals surface area contributed by atoms with Crippen LogP contribution in [0, 0.1) is 20.8 Å². The highest BCUT2D eigenvalue weighted by Gasteiger charge is 2.11. The maximum Gasteiger partial charge on any atom is 0.256 e. The predicted molar refractivity (Wildman–Crippen MR) is 125 cm³/mol. The Hall–Kier alpha value is -3.19. The molecule has 0 radical (unpaired) electrons. The maximum absolute atomic E-state index is 12.6. The molecular formula is C24H24BrN5O. The molecule has 0 fully saturated rings. The van der Waals surface area contributed by atoms with Crippen LogP contribution < -0.4 is 5.32 Å². The third-order valence-electron chi connectivity index (χ3n) is 5.15. The topological polar surface area (TPSA) is 64.7 Å². The second-order valence-electron chi connectivity index (χ2n) is 7.68. The Labute approximate surface area is 190 Å². The van der Waals surface area contributed by atoms with Crippen LogP contribution in [0.2, 0.25) is 0 Å². The van der Waals surface area contributed by atoms with Crippen molar-refractivity contribution in [1.29, 1.82) is 0 Å². The van der Waals surface area contributed by atoms with Crippen molar-refractivity contribution in [3.63, 3.8) is 0 Å². The van der Waals surface area contributed by atoms with E-state index in [1.54, 1.807) is 0 Å². The standard InChI is InChI=1S/C24H24BrN5O/c1-16-5-4-6-20(13-16)14-29-12-11-22(28-29)26-24(31)21-9-7-19(8-10-21)15-30-18(3)23(25)17(2)27-30/h4-13H,14-15H2,1-3H3,(H,26,28,31). The number of halogens is 1. The molecule has 0 atom stereocenters. The number of rotatable bonds is 6. The van der Waals surface area contributed by atoms with Crippen LogP contribution in [0.1, 0.15) is 38.4 Å². The molecule has 6 nitrogen and oxygen atoms in total. The minimum absolute atomic E-state index is 0.179. The zero-order valence-electron chi connectivity index (χ0n) is 17.8. The van der Waals surface area contributed by atoms with Gasteiger partial charge < -0.3 is 5.32 Å². The van der Waals surface area contributed by atoms with Gasteiger partial charge in [-0.3, -0.25) is 14.2 Å². The fourth-order valence-electron chi connectivity index (χ4n) is 3.47. The Balaban J connectivity index is 1.38. The molecule has 0 aliphatic heterocycles. The van der Waals surface area contributed by atoms with Gasteiger partial charge >= 0.3 is 0 Å². The molecule has 0 aliphatic rings. The number of aryl methyl sites for hydroxylation is 2. The number of amides is 1. The molecule has 0 bridgehead atoms. The van der Waals surface area contributed by atoms with Gasteiger partial charge in [0.15, 0.2) is 5.82 Å². The van der Waals surface area contributed by atoms with Gasteiger partial charge in [-0.05, 0) is 60.0 Å². The van der Waals surface area contributed by atoms with Gasteiger partial charge in [0, 0.05) is 17.8 Å². The minimum Gasteiger partial charge on any atom is -0.305 e. The first-order valence-corrected chi connectivity index (χ1v) is 10.9. The first kappa shape index (κ1) is 21.1. The van der Waals surface area contributed by atoms with Gasteiger partial charge in [-0.1, -0.05) is 42.0 Å². The van der Waals surface area contributed by atoms with Crippen molar-refractivity contribution in [2.75, 3.05) is 5.32 Å². The second kappa shape index (κ2) is 8.89. The third kappa shape index (κ3) is 4.94. The zero-order valence-corrected chi connectivity index (χ0v) is 19.3. The van der Waals surface area contributed by atoms with Crippen molar-refractivity contribution >= 4 is 27.7 Å². The van der Waals surface area contributed by atoms with E-state index in [-0.39, 0.29) is 5.91 Å². The van der Waals surface area contributed by atoms with Crippen LogP contribution in [0.5, 0.6) is 0 Å². The molecule has 4 rings (SSSR count). The molecule has 0 saturated heterocycles. The molecule has 158 valence electrons. The Morgan fingerprint density at radius 2 is 1.74 bits per heavy atom. The summed E-state index contributed by atoms with van der Waals surface area (Å²) in [7, 11) is 0. The summed E-state index contributed by atoms with van der Waals surface area (Å²) in [6.07, 6.45) is 1.87. The van der Waals surface area contributed by atoms with E-state index in [9.17, 15) is 4.79 Å². The van der Waals surface area contributed by atoms with Gasteiger partial charge in [0.2, 0.25) is 0 Å². The van der Waals surface area contributed by atoms with Crippen LogP contribution in [0.15, 0.2) is 65.3 Å². The van der Waals surface area contributed by atoms with E-state index in [4.69, 9.17) is 0 Å². The summed E-state index contributed by atoms with van der Waals surface area (Å²) >= 11 is 3.55.